The minimum atomic E-state index is -4.47. The molecule has 8 nitrogen and oxygen atoms in total. The molecule has 2 aliphatic heterocycles. The first kappa shape index (κ1) is 27.5. The van der Waals surface area contributed by atoms with Gasteiger partial charge in [0.2, 0.25) is 0 Å². The number of nitrogens with one attached hydrogen (secondary N) is 1. The Morgan fingerprint density at radius 1 is 1.08 bits per heavy atom. The maximum Gasteiger partial charge on any atom is 0.410 e. The molecule has 1 aromatic heterocycles. The molecular weight excluding hydrogens is 513 g/mol. The van der Waals surface area contributed by atoms with Gasteiger partial charge in [0.1, 0.15) is 11.4 Å². The number of carbonyl (C=O) groups excluding carboxylic acids is 1. The number of hydrogen-bond acceptors (Lipinski definition) is 6. The summed E-state index contributed by atoms with van der Waals surface area (Å²) in [7, 11) is 3.01. The smallest absolute Gasteiger partial charge is 0.410 e. The summed E-state index contributed by atoms with van der Waals surface area (Å²) in [5, 5.41) is 7.83. The molecule has 4 unspecified atom stereocenters. The van der Waals surface area contributed by atoms with Crippen molar-refractivity contribution in [2.45, 2.75) is 76.9 Å². The number of nitrogens with zero attached hydrogens (tertiary/aromatic N) is 3. The zero-order valence-electron chi connectivity index (χ0n) is 23.4. The van der Waals surface area contributed by atoms with Crippen LogP contribution in [0, 0.1) is 17.8 Å². The Morgan fingerprint density at radius 2 is 1.77 bits per heavy atom. The van der Waals surface area contributed by atoms with Crippen LogP contribution in [0.3, 0.4) is 0 Å². The molecule has 1 aromatic carbocycles. The summed E-state index contributed by atoms with van der Waals surface area (Å²) < 4.78 is 60.3. The van der Waals surface area contributed by atoms with E-state index in [1.807, 2.05) is 27.7 Å². The average molecular weight is 551 g/mol. The fraction of sp³-hybridized carbons (Fsp3) is 0.643. The highest BCUT2D eigenvalue weighted by atomic mass is 19.4. The van der Waals surface area contributed by atoms with Crippen molar-refractivity contribution in [1.29, 1.82) is 0 Å². The first-order chi connectivity index (χ1) is 18.2. The lowest BCUT2D eigenvalue weighted by atomic mass is 9.51. The number of amides is 1. The van der Waals surface area contributed by atoms with E-state index in [1.54, 1.807) is 29.2 Å². The number of fused-ring (bicyclic) bond motifs is 3. The van der Waals surface area contributed by atoms with Crippen molar-refractivity contribution in [2.24, 2.45) is 17.8 Å². The molecule has 1 saturated carbocycles. The first-order valence-electron chi connectivity index (χ1n) is 13.4. The number of rotatable bonds is 4. The molecule has 1 N–H and O–H groups in total. The Morgan fingerprint density at radius 3 is 2.36 bits per heavy atom. The molecular formula is C28H37F3N4O4. The van der Waals surface area contributed by atoms with Gasteiger partial charge in [-0.15, -0.1) is 0 Å². The van der Waals surface area contributed by atoms with Gasteiger partial charge in [0.15, 0.2) is 17.5 Å². The summed E-state index contributed by atoms with van der Waals surface area (Å²) in [6.45, 7) is 10.1. The SMILES string of the molecule is COc1ccc(C2CC(C(F)(F)F)n3nc(C4[C@H]5C(C)N(C(=O)OC(C)(C)C)C[C@@H]4[C@@H]5C)cc3N2)cc1OC. The monoisotopic (exact) mass is 550 g/mol. The van der Waals surface area contributed by atoms with Gasteiger partial charge in [-0.2, -0.15) is 18.3 Å². The number of benzene rings is 1. The van der Waals surface area contributed by atoms with Crippen LogP contribution in [0.2, 0.25) is 0 Å². The Hall–Kier alpha value is -3.11. The lowest BCUT2D eigenvalue weighted by Crippen LogP contribution is -2.65. The Balaban J connectivity index is 1.43. The predicted molar refractivity (Wildman–Crippen MR) is 139 cm³/mol. The molecule has 7 atom stereocenters. The number of hydrogen-bond donors (Lipinski definition) is 1. The van der Waals surface area contributed by atoms with Crippen molar-refractivity contribution in [3.8, 4) is 11.5 Å². The minimum Gasteiger partial charge on any atom is -0.493 e. The van der Waals surface area contributed by atoms with Gasteiger partial charge in [0, 0.05) is 31.0 Å². The van der Waals surface area contributed by atoms with E-state index >= 15 is 0 Å². The molecule has 1 aliphatic carbocycles. The van der Waals surface area contributed by atoms with Gasteiger partial charge < -0.3 is 24.4 Å². The quantitative estimate of drug-likeness (QED) is 0.491. The number of alkyl halides is 3. The lowest BCUT2D eigenvalue weighted by Gasteiger charge is -2.61. The van der Waals surface area contributed by atoms with E-state index in [-0.39, 0.29) is 36.3 Å². The minimum absolute atomic E-state index is 0.0259. The normalized spacial score (nSPS) is 30.1. The Bertz CT molecular complexity index is 1240. The zero-order valence-corrected chi connectivity index (χ0v) is 23.4. The molecule has 2 fully saturated rings. The molecule has 0 radical (unpaired) electrons. The Labute approximate surface area is 226 Å². The summed E-state index contributed by atoms with van der Waals surface area (Å²) in [4.78, 5) is 14.6. The number of anilines is 1. The number of aromatic nitrogens is 2. The molecule has 11 heteroatoms. The van der Waals surface area contributed by atoms with Crippen molar-refractivity contribution in [3.63, 3.8) is 0 Å². The van der Waals surface area contributed by atoms with E-state index in [0.717, 1.165) is 4.68 Å². The molecule has 1 amide bonds. The summed E-state index contributed by atoms with van der Waals surface area (Å²) >= 11 is 0. The maximum absolute atomic E-state index is 14.3. The van der Waals surface area contributed by atoms with Gasteiger partial charge in [-0.05, 0) is 63.1 Å². The van der Waals surface area contributed by atoms with Crippen molar-refractivity contribution in [2.75, 3.05) is 26.1 Å². The fourth-order valence-corrected chi connectivity index (χ4v) is 6.72. The van der Waals surface area contributed by atoms with E-state index in [9.17, 15) is 18.0 Å². The molecule has 214 valence electrons. The molecule has 2 bridgehead atoms. The van der Waals surface area contributed by atoms with Crippen LogP contribution in [0.4, 0.5) is 23.8 Å². The van der Waals surface area contributed by atoms with Gasteiger partial charge in [-0.25, -0.2) is 9.48 Å². The number of ether oxygens (including phenoxy) is 3. The molecule has 3 heterocycles. The highest BCUT2D eigenvalue weighted by molar-refractivity contribution is 5.69. The molecule has 1 saturated heterocycles. The second kappa shape index (κ2) is 9.52. The zero-order chi connectivity index (χ0) is 28.4. The van der Waals surface area contributed by atoms with Gasteiger partial charge in [-0.1, -0.05) is 13.0 Å². The van der Waals surface area contributed by atoms with E-state index in [1.165, 1.54) is 14.2 Å². The van der Waals surface area contributed by atoms with Crippen LogP contribution < -0.4 is 14.8 Å². The molecule has 39 heavy (non-hydrogen) atoms. The van der Waals surface area contributed by atoms with Crippen molar-refractivity contribution < 1.29 is 32.2 Å². The van der Waals surface area contributed by atoms with E-state index in [2.05, 4.69) is 17.3 Å². The predicted octanol–water partition coefficient (Wildman–Crippen LogP) is 6.17. The van der Waals surface area contributed by atoms with Crippen LogP contribution in [-0.4, -0.2) is 59.4 Å². The van der Waals surface area contributed by atoms with Crippen molar-refractivity contribution >= 4 is 11.9 Å². The van der Waals surface area contributed by atoms with Crippen molar-refractivity contribution in [3.05, 3.63) is 35.5 Å². The summed E-state index contributed by atoms with van der Waals surface area (Å²) in [6, 6.07) is 4.45. The standard InChI is InChI=1S/C28H37F3N4O4/c1-14-17-13-34(26(36)39-27(3,4)5)15(2)24(14)25(17)19-12-23-32-18(11-22(28(29,30)31)35(23)33-19)16-8-9-20(37-6)21(10-16)38-7/h8-10,12,14-15,17-18,22,24-25,32H,11,13H2,1-7H3/t14-,15?,17+,18?,22?,24+,25?/m0/s1. The van der Waals surface area contributed by atoms with Gasteiger partial charge in [0.25, 0.3) is 0 Å². The van der Waals surface area contributed by atoms with Crippen LogP contribution in [-0.2, 0) is 4.74 Å². The summed E-state index contributed by atoms with van der Waals surface area (Å²) in [6.07, 6.45) is -5.03. The van der Waals surface area contributed by atoms with E-state index in [0.29, 0.717) is 41.0 Å². The van der Waals surface area contributed by atoms with E-state index in [4.69, 9.17) is 14.2 Å². The van der Waals surface area contributed by atoms with Gasteiger partial charge >= 0.3 is 12.3 Å². The molecule has 3 aliphatic rings. The average Bonchev–Trinajstić information content (AvgIpc) is 3.27. The van der Waals surface area contributed by atoms with Gasteiger partial charge in [0.05, 0.1) is 26.0 Å². The maximum atomic E-state index is 14.3. The molecule has 2 aromatic rings. The summed E-state index contributed by atoms with van der Waals surface area (Å²) in [5.74, 6) is 1.79. The highest BCUT2D eigenvalue weighted by Gasteiger charge is 2.59. The Kier molecular flexibility index (Phi) is 6.70. The van der Waals surface area contributed by atoms with Crippen LogP contribution in [0.5, 0.6) is 11.5 Å². The second-order valence-corrected chi connectivity index (χ2v) is 12.0. The number of likely N-dealkylation sites (tertiary alicyclic amines) is 1. The number of halogens is 3. The third kappa shape index (κ3) is 4.78. The summed E-state index contributed by atoms with van der Waals surface area (Å²) in [5.41, 5.74) is 0.713. The number of piperidine rings is 2. The van der Waals surface area contributed by atoms with E-state index < -0.39 is 23.9 Å². The molecule has 0 spiro atoms. The third-order valence-electron chi connectivity index (χ3n) is 8.60. The van der Waals surface area contributed by atoms with Crippen LogP contribution >= 0.6 is 0 Å². The second-order valence-electron chi connectivity index (χ2n) is 12.0. The largest absolute Gasteiger partial charge is 0.493 e. The third-order valence-corrected chi connectivity index (χ3v) is 8.60. The first-order valence-corrected chi connectivity index (χ1v) is 13.4. The van der Waals surface area contributed by atoms with Crippen LogP contribution in [0.25, 0.3) is 0 Å². The number of carbonyl (C=O) groups is 1. The topological polar surface area (TPSA) is 77.9 Å². The fourth-order valence-electron chi connectivity index (χ4n) is 6.72. The lowest BCUT2D eigenvalue weighted by molar-refractivity contribution is -0.174. The van der Waals surface area contributed by atoms with Crippen LogP contribution in [0.15, 0.2) is 24.3 Å². The van der Waals surface area contributed by atoms with Gasteiger partial charge in [-0.3, -0.25) is 0 Å². The number of methoxy groups -OCH3 is 2. The van der Waals surface area contributed by atoms with Crippen LogP contribution in [0.1, 0.15) is 70.3 Å². The highest BCUT2D eigenvalue weighted by Crippen LogP contribution is 2.59. The molecule has 5 rings (SSSR count). The van der Waals surface area contributed by atoms with Crippen molar-refractivity contribution in [1.82, 2.24) is 14.7 Å².